The van der Waals surface area contributed by atoms with Crippen LogP contribution in [0.2, 0.25) is 0 Å². The molecule has 1 amide bonds. The average molecular weight is 445 g/mol. The van der Waals surface area contributed by atoms with Crippen LogP contribution >= 0.6 is 11.8 Å². The van der Waals surface area contributed by atoms with E-state index in [0.717, 1.165) is 22.6 Å². The maximum atomic E-state index is 12.7. The van der Waals surface area contributed by atoms with Crippen molar-refractivity contribution < 1.29 is 17.9 Å². The number of ether oxygens (including phenoxy) is 1. The third-order valence-corrected chi connectivity index (χ3v) is 8.36. The Hall–Kier alpha value is -2.32. The molecule has 2 aromatic rings. The summed E-state index contributed by atoms with van der Waals surface area (Å²) in [6.45, 7) is 4.48. The molecule has 0 unspecified atom stereocenters. The van der Waals surface area contributed by atoms with Gasteiger partial charge < -0.3 is 9.64 Å². The molecule has 158 valence electrons. The molecule has 2 fully saturated rings. The van der Waals surface area contributed by atoms with Crippen molar-refractivity contribution in [1.29, 1.82) is 0 Å². The van der Waals surface area contributed by atoms with Crippen LogP contribution in [0, 0.1) is 6.92 Å². The second-order valence-corrected chi connectivity index (χ2v) is 10.9. The zero-order valence-corrected chi connectivity index (χ0v) is 18.6. The van der Waals surface area contributed by atoms with Crippen molar-refractivity contribution in [2.45, 2.75) is 31.6 Å². The highest BCUT2D eigenvalue weighted by Gasteiger charge is 2.49. The number of anilines is 1. The number of amides is 1. The summed E-state index contributed by atoms with van der Waals surface area (Å²) in [6, 6.07) is 15.1. The summed E-state index contributed by atoms with van der Waals surface area (Å²) in [5, 5.41) is 0.453. The topological polar surface area (TPSA) is 76.0 Å². The van der Waals surface area contributed by atoms with Crippen LogP contribution < -0.4 is 9.64 Å². The molecule has 2 atom stereocenters. The molecule has 2 aromatic carbocycles. The first kappa shape index (κ1) is 20.9. The van der Waals surface area contributed by atoms with Gasteiger partial charge >= 0.3 is 0 Å². The number of amidine groups is 1. The summed E-state index contributed by atoms with van der Waals surface area (Å²) in [5.74, 6) is 0.698. The van der Waals surface area contributed by atoms with Crippen LogP contribution in [0.3, 0.4) is 0 Å². The molecule has 2 aliphatic heterocycles. The highest BCUT2D eigenvalue weighted by molar-refractivity contribution is 8.16. The van der Waals surface area contributed by atoms with Gasteiger partial charge in [0.1, 0.15) is 5.75 Å². The predicted octanol–water partition coefficient (Wildman–Crippen LogP) is 3.24. The minimum atomic E-state index is -3.10. The van der Waals surface area contributed by atoms with Crippen LogP contribution in [-0.4, -0.2) is 48.9 Å². The number of carbonyl (C=O) groups is 1. The molecule has 30 heavy (non-hydrogen) atoms. The number of aliphatic imine (C=N–C) groups is 1. The normalized spacial score (nSPS) is 23.5. The van der Waals surface area contributed by atoms with Crippen molar-refractivity contribution in [3.05, 3.63) is 59.7 Å². The van der Waals surface area contributed by atoms with E-state index in [9.17, 15) is 13.2 Å². The Kier molecular flexibility index (Phi) is 5.88. The van der Waals surface area contributed by atoms with E-state index < -0.39 is 9.84 Å². The number of benzene rings is 2. The first-order chi connectivity index (χ1) is 14.3. The summed E-state index contributed by atoms with van der Waals surface area (Å²) < 4.78 is 29.9. The first-order valence-corrected chi connectivity index (χ1v) is 12.6. The van der Waals surface area contributed by atoms with Gasteiger partial charge in [-0.05, 0) is 43.7 Å². The molecule has 4 rings (SSSR count). The third kappa shape index (κ3) is 4.54. The van der Waals surface area contributed by atoms with Crippen LogP contribution in [0.1, 0.15) is 18.1 Å². The van der Waals surface area contributed by atoms with E-state index in [1.54, 1.807) is 0 Å². The van der Waals surface area contributed by atoms with Gasteiger partial charge in [0.2, 0.25) is 0 Å². The summed E-state index contributed by atoms with van der Waals surface area (Å²) in [5.41, 5.74) is 2.83. The number of thioether (sulfide) groups is 1. The quantitative estimate of drug-likeness (QED) is 0.705. The molecular formula is C22H24N2O4S2. The van der Waals surface area contributed by atoms with Crippen molar-refractivity contribution in [3.8, 4) is 5.75 Å². The van der Waals surface area contributed by atoms with Gasteiger partial charge in [0, 0.05) is 10.9 Å². The Morgan fingerprint density at radius 3 is 2.67 bits per heavy atom. The van der Waals surface area contributed by atoms with Crippen LogP contribution in [0.25, 0.3) is 0 Å². The Bertz CT molecular complexity index is 1080. The maximum Gasteiger partial charge on any atom is 0.252 e. The molecule has 2 heterocycles. The highest BCUT2D eigenvalue weighted by atomic mass is 32.2. The molecule has 0 N–H and O–H groups in total. The molecule has 6 nitrogen and oxygen atoms in total. The number of fused-ring (bicyclic) bond motifs is 1. The van der Waals surface area contributed by atoms with Crippen molar-refractivity contribution in [3.63, 3.8) is 0 Å². The number of sulfone groups is 1. The van der Waals surface area contributed by atoms with Gasteiger partial charge in [-0.3, -0.25) is 4.79 Å². The fourth-order valence-corrected chi connectivity index (χ4v) is 7.81. The summed E-state index contributed by atoms with van der Waals surface area (Å²) in [4.78, 5) is 19.0. The predicted molar refractivity (Wildman–Crippen MR) is 121 cm³/mol. The number of aryl methyl sites for hydroxylation is 1. The SMILES string of the molecule is CCOc1ccc(N2C(=NC(=O)Cc3cccc(C)c3)S[C@@H]3CS(=O)(=O)C[C@H]32)cc1. The van der Waals surface area contributed by atoms with Crippen LogP contribution in [0.15, 0.2) is 53.5 Å². The Labute approximate surface area is 181 Å². The molecule has 0 saturated carbocycles. The van der Waals surface area contributed by atoms with E-state index in [2.05, 4.69) is 4.99 Å². The van der Waals surface area contributed by atoms with Gasteiger partial charge in [0.05, 0.1) is 30.6 Å². The molecule has 0 radical (unpaired) electrons. The van der Waals surface area contributed by atoms with Gasteiger partial charge in [0.15, 0.2) is 15.0 Å². The van der Waals surface area contributed by atoms with Crippen molar-refractivity contribution in [2.75, 3.05) is 23.0 Å². The molecule has 0 spiro atoms. The van der Waals surface area contributed by atoms with E-state index >= 15 is 0 Å². The molecule has 8 heteroatoms. The zero-order valence-electron chi connectivity index (χ0n) is 16.9. The lowest BCUT2D eigenvalue weighted by Gasteiger charge is -2.24. The maximum absolute atomic E-state index is 12.7. The largest absolute Gasteiger partial charge is 0.494 e. The van der Waals surface area contributed by atoms with Gasteiger partial charge in [-0.1, -0.05) is 41.6 Å². The van der Waals surface area contributed by atoms with E-state index in [-0.39, 0.29) is 35.1 Å². The van der Waals surface area contributed by atoms with Crippen molar-refractivity contribution >= 4 is 38.4 Å². The minimum absolute atomic E-state index is 0.0724. The number of rotatable bonds is 5. The lowest BCUT2D eigenvalue weighted by molar-refractivity contribution is -0.117. The smallest absolute Gasteiger partial charge is 0.252 e. The number of hydrogen-bond donors (Lipinski definition) is 0. The highest BCUT2D eigenvalue weighted by Crippen LogP contribution is 2.41. The number of hydrogen-bond acceptors (Lipinski definition) is 5. The van der Waals surface area contributed by atoms with Gasteiger partial charge in [-0.25, -0.2) is 8.42 Å². The zero-order chi connectivity index (χ0) is 21.3. The second kappa shape index (κ2) is 8.43. The number of nitrogens with zero attached hydrogens (tertiary/aromatic N) is 2. The fourth-order valence-electron chi connectivity index (χ4n) is 3.88. The van der Waals surface area contributed by atoms with E-state index in [1.807, 2.05) is 67.3 Å². The Morgan fingerprint density at radius 1 is 1.20 bits per heavy atom. The molecule has 0 bridgehead atoms. The molecule has 0 aromatic heterocycles. The summed E-state index contributed by atoms with van der Waals surface area (Å²) in [6.07, 6.45) is 0.219. The lowest BCUT2D eigenvalue weighted by atomic mass is 10.1. The fraction of sp³-hybridized carbons (Fsp3) is 0.364. The van der Waals surface area contributed by atoms with E-state index in [1.165, 1.54) is 11.8 Å². The molecule has 0 aliphatic carbocycles. The van der Waals surface area contributed by atoms with Crippen molar-refractivity contribution in [2.24, 2.45) is 4.99 Å². The molecule has 2 saturated heterocycles. The van der Waals surface area contributed by atoms with Crippen molar-refractivity contribution in [1.82, 2.24) is 0 Å². The third-order valence-electron chi connectivity index (χ3n) is 5.15. The minimum Gasteiger partial charge on any atom is -0.494 e. The van der Waals surface area contributed by atoms with Gasteiger partial charge in [-0.15, -0.1) is 0 Å². The van der Waals surface area contributed by atoms with E-state index in [4.69, 9.17) is 4.74 Å². The second-order valence-electron chi connectivity index (χ2n) is 7.55. The standard InChI is InChI=1S/C22H24N2O4S2/c1-3-28-18-9-7-17(8-10-18)24-19-13-30(26,27)14-20(19)29-22(24)23-21(25)12-16-6-4-5-15(2)11-16/h4-11,19-20H,3,12-14H2,1-2H3/t19-,20-/m1/s1. The van der Waals surface area contributed by atoms with Crippen LogP contribution in [0.4, 0.5) is 5.69 Å². The summed E-state index contributed by atoms with van der Waals surface area (Å²) in [7, 11) is -3.10. The Balaban J connectivity index is 1.62. The van der Waals surface area contributed by atoms with Crippen LogP contribution in [-0.2, 0) is 21.1 Å². The molecular weight excluding hydrogens is 420 g/mol. The van der Waals surface area contributed by atoms with Crippen LogP contribution in [0.5, 0.6) is 5.75 Å². The number of carbonyl (C=O) groups excluding carboxylic acids is 1. The lowest BCUT2D eigenvalue weighted by Crippen LogP contribution is -2.37. The average Bonchev–Trinajstić information content (AvgIpc) is 3.13. The summed E-state index contributed by atoms with van der Waals surface area (Å²) >= 11 is 1.39. The van der Waals surface area contributed by atoms with Gasteiger partial charge in [-0.2, -0.15) is 4.99 Å². The van der Waals surface area contributed by atoms with Gasteiger partial charge in [0.25, 0.3) is 5.91 Å². The van der Waals surface area contributed by atoms with E-state index in [0.29, 0.717) is 11.8 Å². The monoisotopic (exact) mass is 444 g/mol. The molecule has 2 aliphatic rings. The first-order valence-electron chi connectivity index (χ1n) is 9.91. The Morgan fingerprint density at radius 2 is 1.97 bits per heavy atom.